The molecule has 1 aliphatic heterocycles. The number of hydrogen-bond donors (Lipinski definition) is 1. The molecule has 0 saturated carbocycles. The Labute approximate surface area is 143 Å². The van der Waals surface area contributed by atoms with Gasteiger partial charge in [0, 0.05) is 24.2 Å². The molecule has 1 aromatic heterocycles. The number of aromatic nitrogens is 1. The van der Waals surface area contributed by atoms with Gasteiger partial charge in [0.25, 0.3) is 0 Å². The topological polar surface area (TPSA) is 58.4 Å². The summed E-state index contributed by atoms with van der Waals surface area (Å²) in [5.41, 5.74) is 3.92. The maximum atomic E-state index is 12.8. The van der Waals surface area contributed by atoms with Crippen LogP contribution in [0, 0.1) is 13.8 Å². The number of aryl methyl sites for hydroxylation is 2. The lowest BCUT2D eigenvalue weighted by atomic mass is 10.1. The molecule has 2 aromatic rings. The van der Waals surface area contributed by atoms with E-state index in [9.17, 15) is 4.79 Å². The predicted molar refractivity (Wildman–Crippen MR) is 94.2 cm³/mol. The molecule has 2 heterocycles. The lowest BCUT2D eigenvalue weighted by Gasteiger charge is -2.24. The summed E-state index contributed by atoms with van der Waals surface area (Å²) < 4.78 is 5.41. The van der Waals surface area contributed by atoms with Gasteiger partial charge in [-0.2, -0.15) is 0 Å². The number of hydrogen-bond acceptors (Lipinski definition) is 3. The van der Waals surface area contributed by atoms with E-state index in [1.165, 1.54) is 0 Å². The Balaban J connectivity index is 1.77. The van der Waals surface area contributed by atoms with Gasteiger partial charge in [0.2, 0.25) is 0 Å². The summed E-state index contributed by atoms with van der Waals surface area (Å²) in [6, 6.07) is 7.99. The molecule has 0 aliphatic carbocycles. The molecule has 0 bridgehead atoms. The van der Waals surface area contributed by atoms with Crippen LogP contribution in [0.5, 0.6) is 0 Å². The fourth-order valence-electron chi connectivity index (χ4n) is 3.11. The minimum absolute atomic E-state index is 0.00800. The molecule has 1 aromatic carbocycles. The molecule has 1 aliphatic rings. The van der Waals surface area contributed by atoms with Crippen LogP contribution >= 0.6 is 0 Å². The normalized spacial score (nSPS) is 17.5. The maximum absolute atomic E-state index is 12.8. The van der Waals surface area contributed by atoms with Crippen molar-refractivity contribution in [2.75, 3.05) is 11.9 Å². The van der Waals surface area contributed by atoms with Gasteiger partial charge in [0.15, 0.2) is 0 Å². The third kappa shape index (κ3) is 3.30. The van der Waals surface area contributed by atoms with Gasteiger partial charge in [0.1, 0.15) is 11.5 Å². The van der Waals surface area contributed by atoms with Crippen LogP contribution in [0.15, 0.2) is 28.8 Å². The van der Waals surface area contributed by atoms with E-state index in [1.54, 1.807) is 0 Å². The van der Waals surface area contributed by atoms with Crippen molar-refractivity contribution >= 4 is 11.7 Å². The standard InChI is InChI=1S/C19H25N3O2/c1-12(2)18-11-16(21-24-18)17-6-5-9-22(17)19(23)20-15-10-13(3)7-8-14(15)4/h7-8,10-12,17H,5-6,9H2,1-4H3,(H,20,23)/t17-/m0/s1. The number of carbonyl (C=O) groups excluding carboxylic acids is 1. The predicted octanol–water partition coefficient (Wildman–Crippen LogP) is 4.78. The average molecular weight is 327 g/mol. The van der Waals surface area contributed by atoms with Gasteiger partial charge in [-0.3, -0.25) is 0 Å². The zero-order valence-corrected chi connectivity index (χ0v) is 14.8. The number of urea groups is 1. The van der Waals surface area contributed by atoms with Crippen LogP contribution < -0.4 is 5.32 Å². The number of benzene rings is 1. The SMILES string of the molecule is Cc1ccc(C)c(NC(=O)N2CCC[C@H]2c2cc(C(C)C)on2)c1. The fraction of sp³-hybridized carbons (Fsp3) is 0.474. The summed E-state index contributed by atoms with van der Waals surface area (Å²) in [4.78, 5) is 14.6. The average Bonchev–Trinajstić information content (AvgIpc) is 3.18. The first kappa shape index (κ1) is 16.6. The Bertz CT molecular complexity index is 736. The van der Waals surface area contributed by atoms with Gasteiger partial charge in [-0.25, -0.2) is 4.79 Å². The third-order valence-electron chi connectivity index (χ3n) is 4.61. The summed E-state index contributed by atoms with van der Waals surface area (Å²) in [5, 5.41) is 7.25. The number of rotatable bonds is 3. The zero-order valence-electron chi connectivity index (χ0n) is 14.8. The lowest BCUT2D eigenvalue weighted by Crippen LogP contribution is -2.34. The van der Waals surface area contributed by atoms with Crippen LogP contribution in [0.25, 0.3) is 0 Å². The van der Waals surface area contributed by atoms with Crippen molar-refractivity contribution in [2.45, 2.75) is 52.5 Å². The van der Waals surface area contributed by atoms with E-state index in [0.717, 1.165) is 47.7 Å². The molecular formula is C19H25N3O2. The Morgan fingerprint density at radius 3 is 2.83 bits per heavy atom. The van der Waals surface area contributed by atoms with Crippen molar-refractivity contribution in [1.29, 1.82) is 0 Å². The van der Waals surface area contributed by atoms with E-state index in [0.29, 0.717) is 5.92 Å². The largest absolute Gasteiger partial charge is 0.361 e. The maximum Gasteiger partial charge on any atom is 0.322 e. The van der Waals surface area contributed by atoms with Crippen molar-refractivity contribution in [2.24, 2.45) is 0 Å². The van der Waals surface area contributed by atoms with E-state index in [4.69, 9.17) is 4.52 Å². The lowest BCUT2D eigenvalue weighted by molar-refractivity contribution is 0.204. The molecule has 2 amide bonds. The van der Waals surface area contributed by atoms with Gasteiger partial charge in [-0.1, -0.05) is 31.1 Å². The molecule has 128 valence electrons. The molecule has 0 spiro atoms. The monoisotopic (exact) mass is 327 g/mol. The summed E-state index contributed by atoms with van der Waals surface area (Å²) in [5.74, 6) is 1.16. The first-order valence-corrected chi connectivity index (χ1v) is 8.57. The second-order valence-electron chi connectivity index (χ2n) is 6.91. The van der Waals surface area contributed by atoms with Crippen LogP contribution in [0.4, 0.5) is 10.5 Å². The zero-order chi connectivity index (χ0) is 17.3. The Hall–Kier alpha value is -2.30. The highest BCUT2D eigenvalue weighted by atomic mass is 16.5. The van der Waals surface area contributed by atoms with E-state index < -0.39 is 0 Å². The highest BCUT2D eigenvalue weighted by Gasteiger charge is 2.32. The first-order valence-electron chi connectivity index (χ1n) is 8.57. The van der Waals surface area contributed by atoms with Crippen molar-refractivity contribution in [3.05, 3.63) is 46.8 Å². The van der Waals surface area contributed by atoms with Gasteiger partial charge in [0.05, 0.1) is 6.04 Å². The number of carbonyl (C=O) groups is 1. The smallest absolute Gasteiger partial charge is 0.322 e. The van der Waals surface area contributed by atoms with Crippen LogP contribution in [0.1, 0.15) is 61.2 Å². The van der Waals surface area contributed by atoms with Crippen molar-refractivity contribution in [3.8, 4) is 0 Å². The quantitative estimate of drug-likeness (QED) is 0.882. The number of amides is 2. The summed E-state index contributed by atoms with van der Waals surface area (Å²) >= 11 is 0. The number of nitrogens with zero attached hydrogens (tertiary/aromatic N) is 2. The van der Waals surface area contributed by atoms with Gasteiger partial charge >= 0.3 is 6.03 Å². The van der Waals surface area contributed by atoms with Crippen LogP contribution in [0.2, 0.25) is 0 Å². The third-order valence-corrected chi connectivity index (χ3v) is 4.61. The molecule has 5 heteroatoms. The fourth-order valence-corrected chi connectivity index (χ4v) is 3.11. The van der Waals surface area contributed by atoms with Crippen LogP contribution in [0.3, 0.4) is 0 Å². The van der Waals surface area contributed by atoms with Crippen molar-refractivity contribution < 1.29 is 9.32 Å². The van der Waals surface area contributed by atoms with E-state index >= 15 is 0 Å². The molecule has 1 atom stereocenters. The molecule has 1 N–H and O–H groups in total. The molecule has 0 radical (unpaired) electrons. The Morgan fingerprint density at radius 2 is 2.12 bits per heavy atom. The Morgan fingerprint density at radius 1 is 1.33 bits per heavy atom. The molecule has 1 fully saturated rings. The highest BCUT2D eigenvalue weighted by molar-refractivity contribution is 5.90. The van der Waals surface area contributed by atoms with Crippen molar-refractivity contribution in [3.63, 3.8) is 0 Å². The van der Waals surface area contributed by atoms with Gasteiger partial charge in [-0.05, 0) is 43.9 Å². The van der Waals surface area contributed by atoms with Gasteiger partial charge < -0.3 is 14.7 Å². The molecular weight excluding hydrogens is 302 g/mol. The van der Waals surface area contributed by atoms with Gasteiger partial charge in [-0.15, -0.1) is 0 Å². The van der Waals surface area contributed by atoms with Crippen LogP contribution in [-0.2, 0) is 0 Å². The second kappa shape index (κ2) is 6.67. The summed E-state index contributed by atoms with van der Waals surface area (Å²) in [7, 11) is 0. The number of anilines is 1. The second-order valence-corrected chi connectivity index (χ2v) is 6.91. The highest BCUT2D eigenvalue weighted by Crippen LogP contribution is 2.33. The number of nitrogens with one attached hydrogen (secondary N) is 1. The molecule has 3 rings (SSSR count). The van der Waals surface area contributed by atoms with E-state index in [1.807, 2.05) is 43.0 Å². The summed E-state index contributed by atoms with van der Waals surface area (Å²) in [6.07, 6.45) is 1.90. The summed E-state index contributed by atoms with van der Waals surface area (Å²) in [6.45, 7) is 8.92. The van der Waals surface area contributed by atoms with E-state index in [-0.39, 0.29) is 12.1 Å². The first-order chi connectivity index (χ1) is 11.5. The minimum Gasteiger partial charge on any atom is -0.361 e. The van der Waals surface area contributed by atoms with Crippen molar-refractivity contribution in [1.82, 2.24) is 10.1 Å². The molecule has 1 saturated heterocycles. The molecule has 0 unspecified atom stereocenters. The molecule has 24 heavy (non-hydrogen) atoms. The minimum atomic E-state index is -0.0692. The molecule has 5 nitrogen and oxygen atoms in total. The Kier molecular flexibility index (Phi) is 4.60. The number of likely N-dealkylation sites (tertiary alicyclic amines) is 1. The van der Waals surface area contributed by atoms with E-state index in [2.05, 4.69) is 24.3 Å². The van der Waals surface area contributed by atoms with Crippen LogP contribution in [-0.4, -0.2) is 22.6 Å².